The molecule has 1 N–H and O–H groups in total. The number of carbonyl (C=O) groups is 2. The predicted molar refractivity (Wildman–Crippen MR) is 145 cm³/mol. The van der Waals surface area contributed by atoms with Crippen molar-refractivity contribution in [2.45, 2.75) is 16.6 Å². The second kappa shape index (κ2) is 10.7. The van der Waals surface area contributed by atoms with E-state index < -0.39 is 15.3 Å². The molecule has 3 aromatic rings. The zero-order valence-corrected chi connectivity index (χ0v) is 21.6. The zero-order valence-electron chi connectivity index (χ0n) is 19.9. The average molecular weight is 523 g/mol. The van der Waals surface area contributed by atoms with Crippen LogP contribution in [0.2, 0.25) is 0 Å². The van der Waals surface area contributed by atoms with Crippen molar-refractivity contribution in [2.24, 2.45) is 4.99 Å². The SMILES string of the molecule is C=CCN1C(=O)C(CC(=O)Nc2ccc3ccccc3c2)SC1=Nc1cccc(S(=O)(=O)N(C)C)c1. The van der Waals surface area contributed by atoms with Crippen molar-refractivity contribution < 1.29 is 18.0 Å². The lowest BCUT2D eigenvalue weighted by atomic mass is 10.1. The fourth-order valence-corrected chi connectivity index (χ4v) is 5.81. The molecule has 1 atom stereocenters. The highest BCUT2D eigenvalue weighted by atomic mass is 32.2. The Morgan fingerprint density at radius 1 is 1.11 bits per heavy atom. The van der Waals surface area contributed by atoms with Gasteiger partial charge in [0.25, 0.3) is 0 Å². The molecule has 0 spiro atoms. The van der Waals surface area contributed by atoms with Crippen LogP contribution < -0.4 is 5.32 Å². The van der Waals surface area contributed by atoms with E-state index in [1.807, 2.05) is 42.5 Å². The van der Waals surface area contributed by atoms with Gasteiger partial charge in [0.15, 0.2) is 5.17 Å². The quantitative estimate of drug-likeness (QED) is 0.446. The molecule has 0 aliphatic carbocycles. The number of amides is 2. The maximum Gasteiger partial charge on any atom is 0.242 e. The minimum absolute atomic E-state index is 0.0297. The van der Waals surface area contributed by atoms with Gasteiger partial charge >= 0.3 is 0 Å². The summed E-state index contributed by atoms with van der Waals surface area (Å²) < 4.78 is 26.1. The molecule has 0 aromatic heterocycles. The summed E-state index contributed by atoms with van der Waals surface area (Å²) in [5.41, 5.74) is 1.05. The summed E-state index contributed by atoms with van der Waals surface area (Å²) in [4.78, 5) is 31.9. The third-order valence-electron chi connectivity index (χ3n) is 5.56. The number of sulfonamides is 1. The molecule has 0 saturated carbocycles. The molecule has 8 nitrogen and oxygen atoms in total. The zero-order chi connectivity index (χ0) is 25.9. The van der Waals surface area contributed by atoms with Gasteiger partial charge in [-0.3, -0.25) is 14.5 Å². The topological polar surface area (TPSA) is 99.1 Å². The van der Waals surface area contributed by atoms with Crippen LogP contribution in [0.4, 0.5) is 11.4 Å². The Kier molecular flexibility index (Phi) is 7.58. The number of nitrogens with zero attached hydrogens (tertiary/aromatic N) is 3. The first kappa shape index (κ1) is 25.6. The summed E-state index contributed by atoms with van der Waals surface area (Å²) in [5.74, 6) is -0.528. The van der Waals surface area contributed by atoms with Crippen LogP contribution in [0.15, 0.2) is 89.3 Å². The molecule has 1 heterocycles. The number of anilines is 1. The van der Waals surface area contributed by atoms with Crippen molar-refractivity contribution in [3.8, 4) is 0 Å². The minimum atomic E-state index is -3.63. The molecule has 186 valence electrons. The largest absolute Gasteiger partial charge is 0.326 e. The second-order valence-corrected chi connectivity index (χ2v) is 11.7. The highest BCUT2D eigenvalue weighted by Crippen LogP contribution is 2.32. The number of carbonyl (C=O) groups excluding carboxylic acids is 2. The number of hydrogen-bond acceptors (Lipinski definition) is 6. The number of benzene rings is 3. The molecule has 36 heavy (non-hydrogen) atoms. The van der Waals surface area contributed by atoms with Gasteiger partial charge in [-0.1, -0.05) is 54.2 Å². The van der Waals surface area contributed by atoms with E-state index >= 15 is 0 Å². The van der Waals surface area contributed by atoms with Crippen LogP contribution in [0.3, 0.4) is 0 Å². The average Bonchev–Trinajstić information content (AvgIpc) is 3.13. The predicted octanol–water partition coefficient (Wildman–Crippen LogP) is 4.24. The summed E-state index contributed by atoms with van der Waals surface area (Å²) in [6.45, 7) is 3.94. The van der Waals surface area contributed by atoms with E-state index in [-0.39, 0.29) is 29.7 Å². The monoisotopic (exact) mass is 522 g/mol. The Morgan fingerprint density at radius 2 is 1.86 bits per heavy atom. The van der Waals surface area contributed by atoms with E-state index in [9.17, 15) is 18.0 Å². The molecule has 1 fully saturated rings. The van der Waals surface area contributed by atoms with Gasteiger partial charge < -0.3 is 5.32 Å². The van der Waals surface area contributed by atoms with Crippen molar-refractivity contribution in [3.05, 3.63) is 79.4 Å². The molecular formula is C26H26N4O4S2. The number of fused-ring (bicyclic) bond motifs is 1. The highest BCUT2D eigenvalue weighted by Gasteiger charge is 2.38. The second-order valence-electron chi connectivity index (χ2n) is 8.34. The number of hydrogen-bond donors (Lipinski definition) is 1. The molecule has 0 radical (unpaired) electrons. The van der Waals surface area contributed by atoms with E-state index in [1.165, 1.54) is 42.9 Å². The van der Waals surface area contributed by atoms with Crippen LogP contribution in [0, 0.1) is 0 Å². The molecule has 2 amide bonds. The molecule has 1 aliphatic rings. The number of thioether (sulfide) groups is 1. The third-order valence-corrected chi connectivity index (χ3v) is 8.54. The Hall–Kier alpha value is -3.47. The Bertz CT molecular complexity index is 1470. The minimum Gasteiger partial charge on any atom is -0.326 e. The highest BCUT2D eigenvalue weighted by molar-refractivity contribution is 8.15. The van der Waals surface area contributed by atoms with Gasteiger partial charge in [-0.2, -0.15) is 0 Å². The van der Waals surface area contributed by atoms with E-state index in [1.54, 1.807) is 18.2 Å². The summed E-state index contributed by atoms with van der Waals surface area (Å²) in [5, 5.41) is 4.69. The fraction of sp³-hybridized carbons (Fsp3) is 0.192. The van der Waals surface area contributed by atoms with Crippen molar-refractivity contribution in [1.82, 2.24) is 9.21 Å². The van der Waals surface area contributed by atoms with Gasteiger partial charge in [-0.25, -0.2) is 17.7 Å². The Labute approximate surface area is 214 Å². The summed E-state index contributed by atoms with van der Waals surface area (Å²) in [6, 6.07) is 19.7. The third kappa shape index (κ3) is 5.51. The van der Waals surface area contributed by atoms with E-state index in [2.05, 4.69) is 16.9 Å². The van der Waals surface area contributed by atoms with Gasteiger partial charge in [0.2, 0.25) is 21.8 Å². The lowest BCUT2D eigenvalue weighted by Crippen LogP contribution is -2.33. The summed E-state index contributed by atoms with van der Waals surface area (Å²) in [7, 11) is -0.716. The molecule has 1 saturated heterocycles. The first-order valence-electron chi connectivity index (χ1n) is 11.2. The first-order valence-corrected chi connectivity index (χ1v) is 13.5. The molecule has 3 aromatic carbocycles. The summed E-state index contributed by atoms with van der Waals surface area (Å²) >= 11 is 1.18. The van der Waals surface area contributed by atoms with Crippen LogP contribution in [0.25, 0.3) is 10.8 Å². The number of aliphatic imine (C=N–C) groups is 1. The van der Waals surface area contributed by atoms with Gasteiger partial charge in [-0.05, 0) is 41.1 Å². The molecule has 1 unspecified atom stereocenters. The van der Waals surface area contributed by atoms with E-state index in [0.717, 1.165) is 15.1 Å². The van der Waals surface area contributed by atoms with Gasteiger partial charge in [0, 0.05) is 32.7 Å². The van der Waals surface area contributed by atoms with Gasteiger partial charge in [-0.15, -0.1) is 6.58 Å². The maximum atomic E-state index is 13.1. The number of rotatable bonds is 8. The summed E-state index contributed by atoms with van der Waals surface area (Å²) in [6.07, 6.45) is 1.55. The van der Waals surface area contributed by atoms with Crippen molar-refractivity contribution in [2.75, 3.05) is 26.0 Å². The molecule has 4 rings (SSSR count). The molecule has 10 heteroatoms. The van der Waals surface area contributed by atoms with Crippen LogP contribution in [0.5, 0.6) is 0 Å². The lowest BCUT2D eigenvalue weighted by Gasteiger charge is -2.14. The standard InChI is InChI=1S/C26H26N4O4S2/c1-4-14-30-25(32)23(17-24(31)27-21-13-12-18-8-5-6-9-19(18)15-21)35-26(30)28-20-10-7-11-22(16-20)36(33,34)29(2)3/h4-13,15-16,23H,1,14,17H2,2-3H3,(H,27,31). The normalized spacial score (nSPS) is 17.2. The Balaban J connectivity index is 1.52. The molecule has 1 aliphatic heterocycles. The smallest absolute Gasteiger partial charge is 0.242 e. The van der Waals surface area contributed by atoms with E-state index in [4.69, 9.17) is 0 Å². The van der Waals surface area contributed by atoms with Gasteiger partial charge in [0.05, 0.1) is 10.6 Å². The van der Waals surface area contributed by atoms with Crippen LogP contribution in [0.1, 0.15) is 6.42 Å². The van der Waals surface area contributed by atoms with Crippen LogP contribution in [-0.2, 0) is 19.6 Å². The van der Waals surface area contributed by atoms with Gasteiger partial charge in [0.1, 0.15) is 5.25 Å². The van der Waals surface area contributed by atoms with Crippen LogP contribution in [-0.4, -0.2) is 60.5 Å². The molecule has 0 bridgehead atoms. The van der Waals surface area contributed by atoms with Crippen molar-refractivity contribution >= 4 is 60.9 Å². The lowest BCUT2D eigenvalue weighted by molar-refractivity contribution is -0.127. The van der Waals surface area contributed by atoms with Crippen molar-refractivity contribution in [1.29, 1.82) is 0 Å². The Morgan fingerprint density at radius 3 is 2.58 bits per heavy atom. The van der Waals surface area contributed by atoms with Crippen molar-refractivity contribution in [3.63, 3.8) is 0 Å². The van der Waals surface area contributed by atoms with E-state index in [0.29, 0.717) is 16.5 Å². The number of amidine groups is 1. The van der Waals surface area contributed by atoms with Crippen LogP contribution >= 0.6 is 11.8 Å². The first-order chi connectivity index (χ1) is 17.2. The number of nitrogens with one attached hydrogen (secondary N) is 1. The molecular weight excluding hydrogens is 496 g/mol. The maximum absolute atomic E-state index is 13.1. The fourth-order valence-electron chi connectivity index (χ4n) is 3.70.